The highest BCUT2D eigenvalue weighted by molar-refractivity contribution is 6.02. The van der Waals surface area contributed by atoms with E-state index in [-0.39, 0.29) is 0 Å². The second kappa shape index (κ2) is 7.71. The van der Waals surface area contributed by atoms with Gasteiger partial charge >= 0.3 is 6.03 Å². The fourth-order valence-electron chi connectivity index (χ4n) is 3.82. The van der Waals surface area contributed by atoms with Gasteiger partial charge in [-0.05, 0) is 54.3 Å². The number of rotatable bonds is 4. The number of nitrogens with two attached hydrogens (primary N) is 1. The SMILES string of the molecule is Cn1nc(N)c2c(-c3ccc(NC(=O)Nc4ccccc4C#N)cc3)cc(C3CC3)nc21. The van der Waals surface area contributed by atoms with Crippen molar-refractivity contribution in [2.45, 2.75) is 18.8 Å². The van der Waals surface area contributed by atoms with Gasteiger partial charge in [-0.3, -0.25) is 0 Å². The summed E-state index contributed by atoms with van der Waals surface area (Å²) in [7, 11) is 1.85. The van der Waals surface area contributed by atoms with Crippen LogP contribution in [0.3, 0.4) is 0 Å². The first kappa shape index (κ1) is 19.6. The molecule has 0 atom stereocenters. The molecule has 5 rings (SSSR count). The lowest BCUT2D eigenvalue weighted by atomic mass is 10.0. The number of para-hydroxylation sites is 1. The van der Waals surface area contributed by atoms with E-state index in [4.69, 9.17) is 10.7 Å². The van der Waals surface area contributed by atoms with E-state index in [2.05, 4.69) is 27.9 Å². The quantitative estimate of drug-likeness (QED) is 0.442. The summed E-state index contributed by atoms with van der Waals surface area (Å²) in [4.78, 5) is 17.2. The highest BCUT2D eigenvalue weighted by Gasteiger charge is 2.27. The highest BCUT2D eigenvalue weighted by Crippen LogP contribution is 2.42. The normalized spacial score (nSPS) is 13.0. The molecular weight excluding hydrogens is 402 g/mol. The van der Waals surface area contributed by atoms with E-state index < -0.39 is 6.03 Å². The van der Waals surface area contributed by atoms with Crippen molar-refractivity contribution < 1.29 is 4.79 Å². The fraction of sp³-hybridized carbons (Fsp3) is 0.167. The van der Waals surface area contributed by atoms with Gasteiger partial charge in [0, 0.05) is 24.3 Å². The summed E-state index contributed by atoms with van der Waals surface area (Å²) in [6, 6.07) is 18.2. The van der Waals surface area contributed by atoms with Crippen molar-refractivity contribution in [3.05, 3.63) is 65.9 Å². The van der Waals surface area contributed by atoms with Crippen LogP contribution in [0, 0.1) is 11.3 Å². The molecule has 158 valence electrons. The number of amides is 2. The molecule has 0 spiro atoms. The topological polar surface area (TPSA) is 122 Å². The summed E-state index contributed by atoms with van der Waals surface area (Å²) in [6.45, 7) is 0. The first-order valence-electron chi connectivity index (χ1n) is 10.3. The zero-order valence-electron chi connectivity index (χ0n) is 17.5. The molecule has 1 aliphatic rings. The van der Waals surface area contributed by atoms with Crippen LogP contribution < -0.4 is 16.4 Å². The molecule has 0 saturated heterocycles. The Bertz CT molecular complexity index is 1380. The first-order chi connectivity index (χ1) is 15.5. The second-order valence-electron chi connectivity index (χ2n) is 7.89. The number of carbonyl (C=O) groups excluding carboxylic acids is 1. The van der Waals surface area contributed by atoms with Crippen LogP contribution in [0.5, 0.6) is 0 Å². The van der Waals surface area contributed by atoms with Crippen LogP contribution >= 0.6 is 0 Å². The molecular formula is C24H21N7O. The lowest BCUT2D eigenvalue weighted by Crippen LogP contribution is -2.19. The number of aromatic nitrogens is 3. The van der Waals surface area contributed by atoms with Crippen molar-refractivity contribution in [3.63, 3.8) is 0 Å². The summed E-state index contributed by atoms with van der Waals surface area (Å²) in [5.74, 6) is 0.945. The molecule has 0 unspecified atom stereocenters. The minimum Gasteiger partial charge on any atom is -0.382 e. The Balaban J connectivity index is 1.41. The van der Waals surface area contributed by atoms with E-state index >= 15 is 0 Å². The lowest BCUT2D eigenvalue weighted by Gasteiger charge is -2.11. The fourth-order valence-corrected chi connectivity index (χ4v) is 3.82. The number of carbonyl (C=O) groups is 1. The third-order valence-corrected chi connectivity index (χ3v) is 5.59. The number of fused-ring (bicyclic) bond motifs is 1. The van der Waals surface area contributed by atoms with Crippen LogP contribution in [0.15, 0.2) is 54.6 Å². The minimum absolute atomic E-state index is 0.403. The van der Waals surface area contributed by atoms with Gasteiger partial charge in [-0.25, -0.2) is 14.5 Å². The van der Waals surface area contributed by atoms with Crippen LogP contribution in [0.4, 0.5) is 22.0 Å². The molecule has 2 heterocycles. The molecule has 1 fully saturated rings. The van der Waals surface area contributed by atoms with Crippen molar-refractivity contribution >= 4 is 34.3 Å². The smallest absolute Gasteiger partial charge is 0.323 e. The Morgan fingerprint density at radius 3 is 2.62 bits per heavy atom. The Hall–Kier alpha value is -4.38. The van der Waals surface area contributed by atoms with Crippen LogP contribution in [0.2, 0.25) is 0 Å². The Kier molecular flexibility index (Phi) is 4.71. The zero-order chi connectivity index (χ0) is 22.2. The van der Waals surface area contributed by atoms with E-state index in [0.29, 0.717) is 28.7 Å². The summed E-state index contributed by atoms with van der Waals surface area (Å²) in [5.41, 5.74) is 11.5. The Morgan fingerprint density at radius 2 is 1.91 bits per heavy atom. The van der Waals surface area contributed by atoms with E-state index in [0.717, 1.165) is 40.7 Å². The van der Waals surface area contributed by atoms with Crippen molar-refractivity contribution in [3.8, 4) is 17.2 Å². The van der Waals surface area contributed by atoms with Gasteiger partial charge < -0.3 is 16.4 Å². The van der Waals surface area contributed by atoms with Crippen molar-refractivity contribution in [2.75, 3.05) is 16.4 Å². The number of urea groups is 1. The molecule has 32 heavy (non-hydrogen) atoms. The molecule has 2 aromatic heterocycles. The van der Waals surface area contributed by atoms with Gasteiger partial charge in [-0.15, -0.1) is 0 Å². The first-order valence-corrected chi connectivity index (χ1v) is 10.3. The summed E-state index contributed by atoms with van der Waals surface area (Å²) in [6.07, 6.45) is 2.30. The number of nitrogen functional groups attached to an aromatic ring is 1. The zero-order valence-corrected chi connectivity index (χ0v) is 17.5. The minimum atomic E-state index is -0.417. The largest absolute Gasteiger partial charge is 0.382 e. The number of nitriles is 1. The molecule has 0 radical (unpaired) electrons. The van der Waals surface area contributed by atoms with Gasteiger partial charge in [-0.2, -0.15) is 10.4 Å². The summed E-state index contributed by atoms with van der Waals surface area (Å²) < 4.78 is 1.72. The van der Waals surface area contributed by atoms with Crippen molar-refractivity contribution in [2.24, 2.45) is 7.05 Å². The molecule has 1 saturated carbocycles. The molecule has 4 aromatic rings. The van der Waals surface area contributed by atoms with Gasteiger partial charge in [0.15, 0.2) is 11.5 Å². The third-order valence-electron chi connectivity index (χ3n) is 5.59. The van der Waals surface area contributed by atoms with Crippen LogP contribution in [-0.2, 0) is 7.05 Å². The molecule has 4 N–H and O–H groups in total. The van der Waals surface area contributed by atoms with Gasteiger partial charge in [0.2, 0.25) is 0 Å². The van der Waals surface area contributed by atoms with Gasteiger partial charge in [0.1, 0.15) is 6.07 Å². The maximum atomic E-state index is 12.4. The number of hydrogen-bond donors (Lipinski definition) is 3. The molecule has 8 heteroatoms. The molecule has 1 aliphatic carbocycles. The lowest BCUT2D eigenvalue weighted by molar-refractivity contribution is 0.262. The predicted octanol–water partition coefficient (Wildman–Crippen LogP) is 4.61. The molecule has 2 amide bonds. The number of nitrogens with zero attached hydrogens (tertiary/aromatic N) is 4. The maximum absolute atomic E-state index is 12.4. The number of benzene rings is 2. The maximum Gasteiger partial charge on any atom is 0.323 e. The van der Waals surface area contributed by atoms with E-state index in [1.807, 2.05) is 31.3 Å². The second-order valence-corrected chi connectivity index (χ2v) is 7.89. The monoisotopic (exact) mass is 423 g/mol. The number of nitrogens with one attached hydrogen (secondary N) is 2. The number of pyridine rings is 1. The average molecular weight is 423 g/mol. The van der Waals surface area contributed by atoms with Crippen LogP contribution in [0.1, 0.15) is 30.0 Å². The van der Waals surface area contributed by atoms with Crippen molar-refractivity contribution in [1.82, 2.24) is 14.8 Å². The Labute approximate surface area is 184 Å². The number of hydrogen-bond acceptors (Lipinski definition) is 5. The molecule has 0 bridgehead atoms. The molecule has 0 aliphatic heterocycles. The Morgan fingerprint density at radius 1 is 1.16 bits per heavy atom. The van der Waals surface area contributed by atoms with Crippen LogP contribution in [-0.4, -0.2) is 20.8 Å². The van der Waals surface area contributed by atoms with E-state index in [1.54, 1.807) is 28.9 Å². The molecule has 2 aromatic carbocycles. The number of anilines is 3. The number of aryl methyl sites for hydroxylation is 1. The predicted molar refractivity (Wildman–Crippen MR) is 124 cm³/mol. The average Bonchev–Trinajstić information content (AvgIpc) is 3.60. The van der Waals surface area contributed by atoms with E-state index in [1.165, 1.54) is 0 Å². The van der Waals surface area contributed by atoms with Gasteiger partial charge in [0.25, 0.3) is 0 Å². The van der Waals surface area contributed by atoms with Gasteiger partial charge in [-0.1, -0.05) is 24.3 Å². The third kappa shape index (κ3) is 3.61. The molecule has 8 nitrogen and oxygen atoms in total. The van der Waals surface area contributed by atoms with E-state index in [9.17, 15) is 10.1 Å². The standard InChI is InChI=1S/C24H21N7O/c1-31-23-21(22(26)30-31)18(12-20(28-23)15-6-7-15)14-8-10-17(11-9-14)27-24(32)29-19-5-3-2-4-16(19)13-25/h2-5,8-12,15H,6-7H2,1H3,(H2,26,30)(H2,27,29,32). The summed E-state index contributed by atoms with van der Waals surface area (Å²) >= 11 is 0. The highest BCUT2D eigenvalue weighted by atomic mass is 16.2. The summed E-state index contributed by atoms with van der Waals surface area (Å²) in [5, 5.41) is 19.9. The van der Waals surface area contributed by atoms with Crippen LogP contribution in [0.25, 0.3) is 22.2 Å². The van der Waals surface area contributed by atoms with Crippen molar-refractivity contribution in [1.29, 1.82) is 5.26 Å². The van der Waals surface area contributed by atoms with Gasteiger partial charge in [0.05, 0.1) is 16.6 Å².